The molecule has 1 aromatic heterocycles. The molecule has 0 radical (unpaired) electrons. The second-order valence-corrected chi connectivity index (χ2v) is 7.94. The number of unbranched alkanes of at least 4 members (excludes halogenated alkanes) is 2. The number of benzene rings is 3. The average molecular weight is 430 g/mol. The third-order valence-electron chi connectivity index (χ3n) is 5.50. The lowest BCUT2D eigenvalue weighted by Gasteiger charge is -2.06. The van der Waals surface area contributed by atoms with E-state index in [1.807, 2.05) is 72.2 Å². The fraction of sp³-hybridized carbons (Fsp3) is 0.269. The molecule has 0 spiro atoms. The fourth-order valence-corrected chi connectivity index (χ4v) is 3.82. The van der Waals surface area contributed by atoms with Crippen molar-refractivity contribution in [3.63, 3.8) is 0 Å². The predicted octanol–water partition coefficient (Wildman–Crippen LogP) is 6.69. The van der Waals surface area contributed by atoms with Crippen LogP contribution in [0.5, 0.6) is 11.6 Å². The molecule has 164 valence electrons. The van der Waals surface area contributed by atoms with E-state index < -0.39 is 5.91 Å². The molecule has 32 heavy (non-hydrogen) atoms. The summed E-state index contributed by atoms with van der Waals surface area (Å²) in [5, 5.41) is 21.6. The van der Waals surface area contributed by atoms with Crippen molar-refractivity contribution in [3.05, 3.63) is 66.2 Å². The number of nitrogens with zero attached hydrogens (tertiary/aromatic N) is 3. The highest BCUT2D eigenvalue weighted by atomic mass is 16.5. The van der Waals surface area contributed by atoms with Gasteiger partial charge in [0, 0.05) is 11.9 Å². The quantitative estimate of drug-likeness (QED) is 0.250. The van der Waals surface area contributed by atoms with Gasteiger partial charge < -0.3 is 14.4 Å². The molecule has 1 N–H and O–H groups in total. The van der Waals surface area contributed by atoms with Crippen LogP contribution in [0, 0.1) is 6.92 Å². The number of aryl methyl sites for hydroxylation is 2. The molecule has 0 aliphatic heterocycles. The van der Waals surface area contributed by atoms with Crippen LogP contribution in [0.15, 0.2) is 70.9 Å². The van der Waals surface area contributed by atoms with Crippen LogP contribution >= 0.6 is 0 Å². The van der Waals surface area contributed by atoms with E-state index in [1.54, 1.807) is 0 Å². The first kappa shape index (κ1) is 21.6. The van der Waals surface area contributed by atoms with Gasteiger partial charge in [0.2, 0.25) is 5.88 Å². The van der Waals surface area contributed by atoms with Gasteiger partial charge in [0.25, 0.3) is 0 Å². The SMILES string of the molecule is CCCCCn1c(O)c(N=NC(=O)COc2ccc3ccccc3c2)c2cc(C)ccc21. The lowest BCUT2D eigenvalue weighted by atomic mass is 10.1. The molecular formula is C26H27N3O3. The Hall–Kier alpha value is -3.67. The molecule has 3 aromatic carbocycles. The zero-order valence-corrected chi connectivity index (χ0v) is 18.4. The maximum absolute atomic E-state index is 12.3. The minimum absolute atomic E-state index is 0.0358. The molecule has 4 rings (SSSR count). The molecule has 1 amide bonds. The Balaban J connectivity index is 1.51. The Morgan fingerprint density at radius 2 is 1.84 bits per heavy atom. The topological polar surface area (TPSA) is 76.2 Å². The second-order valence-electron chi connectivity index (χ2n) is 7.94. The fourth-order valence-electron chi connectivity index (χ4n) is 3.82. The molecule has 0 saturated carbocycles. The highest BCUT2D eigenvalue weighted by molar-refractivity contribution is 5.95. The maximum atomic E-state index is 12.3. The Morgan fingerprint density at radius 3 is 2.66 bits per heavy atom. The van der Waals surface area contributed by atoms with Gasteiger partial charge in [0.05, 0.1) is 5.52 Å². The summed E-state index contributed by atoms with van der Waals surface area (Å²) in [4.78, 5) is 12.3. The molecule has 6 heteroatoms. The number of aromatic hydroxyl groups is 1. The van der Waals surface area contributed by atoms with E-state index in [-0.39, 0.29) is 12.5 Å². The first-order chi connectivity index (χ1) is 15.6. The smallest absolute Gasteiger partial charge is 0.302 e. The van der Waals surface area contributed by atoms with Crippen LogP contribution in [0.4, 0.5) is 5.69 Å². The minimum atomic E-state index is -0.517. The molecule has 0 fully saturated rings. The largest absolute Gasteiger partial charge is 0.493 e. The first-order valence-electron chi connectivity index (χ1n) is 10.9. The maximum Gasteiger partial charge on any atom is 0.302 e. The molecule has 0 saturated heterocycles. The molecule has 0 atom stereocenters. The van der Waals surface area contributed by atoms with Gasteiger partial charge in [0.15, 0.2) is 12.3 Å². The summed E-state index contributed by atoms with van der Waals surface area (Å²) in [5.41, 5.74) is 2.25. The van der Waals surface area contributed by atoms with Crippen molar-refractivity contribution in [2.75, 3.05) is 6.61 Å². The van der Waals surface area contributed by atoms with Crippen molar-refractivity contribution in [2.45, 2.75) is 39.7 Å². The van der Waals surface area contributed by atoms with E-state index in [0.717, 1.165) is 46.5 Å². The Labute approximate surface area is 187 Å². The van der Waals surface area contributed by atoms with Gasteiger partial charge >= 0.3 is 5.91 Å². The zero-order valence-electron chi connectivity index (χ0n) is 18.4. The number of aromatic nitrogens is 1. The van der Waals surface area contributed by atoms with Crippen LogP contribution in [0.1, 0.15) is 31.7 Å². The highest BCUT2D eigenvalue weighted by Crippen LogP contribution is 2.39. The molecule has 0 aliphatic carbocycles. The number of ether oxygens (including phenoxy) is 1. The van der Waals surface area contributed by atoms with Gasteiger partial charge in [-0.1, -0.05) is 61.7 Å². The van der Waals surface area contributed by atoms with Crippen LogP contribution in [-0.4, -0.2) is 22.2 Å². The van der Waals surface area contributed by atoms with Crippen molar-refractivity contribution in [3.8, 4) is 11.6 Å². The summed E-state index contributed by atoms with van der Waals surface area (Å²) < 4.78 is 7.44. The minimum Gasteiger partial charge on any atom is -0.493 e. The Kier molecular flexibility index (Phi) is 6.50. The van der Waals surface area contributed by atoms with Gasteiger partial charge in [0.1, 0.15) is 5.75 Å². The van der Waals surface area contributed by atoms with Crippen molar-refractivity contribution in [2.24, 2.45) is 10.2 Å². The Morgan fingerprint density at radius 1 is 1.03 bits per heavy atom. The van der Waals surface area contributed by atoms with Gasteiger partial charge in [-0.3, -0.25) is 4.79 Å². The number of hydrogen-bond acceptors (Lipinski definition) is 4. The van der Waals surface area contributed by atoms with Gasteiger partial charge in [-0.2, -0.15) is 0 Å². The highest BCUT2D eigenvalue weighted by Gasteiger charge is 2.17. The van der Waals surface area contributed by atoms with Crippen LogP contribution in [0.25, 0.3) is 21.7 Å². The predicted molar refractivity (Wildman–Crippen MR) is 127 cm³/mol. The number of hydrogen-bond donors (Lipinski definition) is 1. The first-order valence-corrected chi connectivity index (χ1v) is 10.9. The van der Waals surface area contributed by atoms with Crippen molar-refractivity contribution in [1.29, 1.82) is 0 Å². The summed E-state index contributed by atoms with van der Waals surface area (Å²) in [6.07, 6.45) is 3.13. The van der Waals surface area contributed by atoms with Gasteiger partial charge in [-0.05, 0) is 48.4 Å². The number of amides is 1. The summed E-state index contributed by atoms with van der Waals surface area (Å²) in [6, 6.07) is 19.5. The summed E-state index contributed by atoms with van der Waals surface area (Å²) >= 11 is 0. The van der Waals surface area contributed by atoms with Crippen molar-refractivity contribution >= 4 is 33.3 Å². The standard InChI is InChI=1S/C26H27N3O3/c1-3-4-7-14-29-23-13-10-18(2)15-22(23)25(26(29)31)28-27-24(30)17-32-21-12-11-19-8-5-6-9-20(19)16-21/h5-6,8-13,15-16,31H,3-4,7,14,17H2,1-2H3. The molecule has 1 heterocycles. The van der Waals surface area contributed by atoms with Gasteiger partial charge in [-0.15, -0.1) is 10.2 Å². The van der Waals surface area contributed by atoms with Crippen LogP contribution in [0.2, 0.25) is 0 Å². The number of carbonyl (C=O) groups is 1. The second kappa shape index (κ2) is 9.64. The molecule has 0 aliphatic rings. The van der Waals surface area contributed by atoms with Crippen LogP contribution in [-0.2, 0) is 11.3 Å². The third-order valence-corrected chi connectivity index (χ3v) is 5.50. The third kappa shape index (κ3) is 4.64. The number of carbonyl (C=O) groups excluding carboxylic acids is 1. The van der Waals surface area contributed by atoms with Gasteiger partial charge in [-0.25, -0.2) is 0 Å². The van der Waals surface area contributed by atoms with E-state index in [2.05, 4.69) is 17.2 Å². The van der Waals surface area contributed by atoms with E-state index in [1.165, 1.54) is 0 Å². The zero-order chi connectivity index (χ0) is 22.5. The van der Waals surface area contributed by atoms with E-state index >= 15 is 0 Å². The van der Waals surface area contributed by atoms with E-state index in [0.29, 0.717) is 18.0 Å². The summed E-state index contributed by atoms with van der Waals surface area (Å²) in [7, 11) is 0. The monoisotopic (exact) mass is 429 g/mol. The van der Waals surface area contributed by atoms with Crippen molar-refractivity contribution in [1.82, 2.24) is 4.57 Å². The Bertz CT molecular complexity index is 1290. The molecule has 4 aromatic rings. The normalized spacial score (nSPS) is 11.6. The van der Waals surface area contributed by atoms with E-state index in [4.69, 9.17) is 4.74 Å². The summed E-state index contributed by atoms with van der Waals surface area (Å²) in [5.74, 6) is 0.115. The molecular weight excluding hydrogens is 402 g/mol. The lowest BCUT2D eigenvalue weighted by molar-refractivity contribution is -0.120. The van der Waals surface area contributed by atoms with Crippen LogP contribution in [0.3, 0.4) is 0 Å². The molecule has 0 unspecified atom stereocenters. The average Bonchev–Trinajstić information content (AvgIpc) is 3.06. The lowest BCUT2D eigenvalue weighted by Crippen LogP contribution is -2.07. The molecule has 0 bridgehead atoms. The number of rotatable bonds is 8. The van der Waals surface area contributed by atoms with Crippen molar-refractivity contribution < 1.29 is 14.6 Å². The summed E-state index contributed by atoms with van der Waals surface area (Å²) in [6.45, 7) is 4.58. The number of azo groups is 1. The van der Waals surface area contributed by atoms with E-state index in [9.17, 15) is 9.90 Å². The number of fused-ring (bicyclic) bond motifs is 2. The molecule has 6 nitrogen and oxygen atoms in total. The van der Waals surface area contributed by atoms with Crippen LogP contribution < -0.4 is 4.74 Å².